The number of benzene rings is 1. The number of fused-ring (bicyclic) bond motifs is 1. The maximum Gasteiger partial charge on any atom is 0.270 e. The van der Waals surface area contributed by atoms with Crippen molar-refractivity contribution in [2.75, 3.05) is 7.05 Å². The number of hydrogen-bond acceptors (Lipinski definition) is 2. The van der Waals surface area contributed by atoms with Crippen molar-refractivity contribution in [3.8, 4) is 0 Å². The van der Waals surface area contributed by atoms with Crippen molar-refractivity contribution in [3.05, 3.63) is 47.8 Å². The van der Waals surface area contributed by atoms with Crippen molar-refractivity contribution >= 4 is 22.7 Å². The molecule has 0 bridgehead atoms. The van der Waals surface area contributed by atoms with Gasteiger partial charge in [-0.1, -0.05) is 24.3 Å². The number of carbonyl (C=O) groups excluding carboxylic acids is 2. The molecule has 2 heterocycles. The number of piperazine rings is 1. The Bertz CT molecular complexity index is 730. The molecule has 2 amide bonds. The largest absolute Gasteiger partial charge is 0.361 e. The number of rotatable bonds is 1. The first-order chi connectivity index (χ1) is 9.63. The molecule has 3 rings (SSSR count). The molecule has 0 saturated carbocycles. The maximum atomic E-state index is 12.3. The van der Waals surface area contributed by atoms with Gasteiger partial charge in [0.2, 0.25) is 0 Å². The number of amides is 2. The van der Waals surface area contributed by atoms with E-state index >= 15 is 0 Å². The number of aromatic amines is 1. The van der Waals surface area contributed by atoms with Crippen LogP contribution >= 0.6 is 0 Å². The maximum absolute atomic E-state index is 12.3. The summed E-state index contributed by atoms with van der Waals surface area (Å²) in [4.78, 5) is 29.1. The van der Waals surface area contributed by atoms with Gasteiger partial charge in [0.25, 0.3) is 11.8 Å². The van der Waals surface area contributed by atoms with Crippen LogP contribution in [0.2, 0.25) is 0 Å². The molecule has 0 radical (unpaired) electrons. The second kappa shape index (κ2) is 4.52. The van der Waals surface area contributed by atoms with Crippen LogP contribution in [0.1, 0.15) is 18.5 Å². The summed E-state index contributed by atoms with van der Waals surface area (Å²) in [5.74, 6) is -0.368. The van der Waals surface area contributed by atoms with E-state index in [1.54, 1.807) is 26.2 Å². The molecule has 0 aliphatic carbocycles. The van der Waals surface area contributed by atoms with Crippen LogP contribution in [0.3, 0.4) is 0 Å². The van der Waals surface area contributed by atoms with Crippen LogP contribution in [-0.4, -0.2) is 28.7 Å². The molecule has 1 aromatic carbocycles. The highest BCUT2D eigenvalue weighted by atomic mass is 16.2. The Hall–Kier alpha value is -2.56. The summed E-state index contributed by atoms with van der Waals surface area (Å²) in [5.41, 5.74) is 2.09. The topological polar surface area (TPSA) is 65.2 Å². The fraction of sp³-hybridized carbons (Fsp3) is 0.200. The monoisotopic (exact) mass is 269 g/mol. The molecule has 102 valence electrons. The van der Waals surface area contributed by atoms with Gasteiger partial charge in [0.05, 0.1) is 0 Å². The first kappa shape index (κ1) is 12.5. The Balaban J connectivity index is 2.10. The van der Waals surface area contributed by atoms with Crippen molar-refractivity contribution in [2.45, 2.75) is 13.0 Å². The van der Waals surface area contributed by atoms with Crippen molar-refractivity contribution in [1.82, 2.24) is 15.2 Å². The molecule has 5 nitrogen and oxygen atoms in total. The normalized spacial score (nSPS) is 21.6. The van der Waals surface area contributed by atoms with E-state index in [1.165, 1.54) is 4.90 Å². The summed E-state index contributed by atoms with van der Waals surface area (Å²) >= 11 is 0. The first-order valence-corrected chi connectivity index (χ1v) is 6.44. The Kier molecular flexibility index (Phi) is 2.82. The van der Waals surface area contributed by atoms with E-state index in [9.17, 15) is 9.59 Å². The summed E-state index contributed by atoms with van der Waals surface area (Å²) in [7, 11) is 1.65. The number of hydrogen-bond donors (Lipinski definition) is 2. The second-order valence-electron chi connectivity index (χ2n) is 4.80. The van der Waals surface area contributed by atoms with Gasteiger partial charge in [-0.15, -0.1) is 0 Å². The fourth-order valence-corrected chi connectivity index (χ4v) is 2.60. The third-order valence-electron chi connectivity index (χ3n) is 3.65. The molecule has 1 unspecified atom stereocenters. The number of para-hydroxylation sites is 1. The lowest BCUT2D eigenvalue weighted by Gasteiger charge is -2.32. The van der Waals surface area contributed by atoms with Crippen LogP contribution in [0.25, 0.3) is 10.9 Å². The molecule has 2 N–H and O–H groups in total. The molecule has 20 heavy (non-hydrogen) atoms. The molecule has 1 aliphatic heterocycles. The fourth-order valence-electron chi connectivity index (χ4n) is 2.60. The number of nitrogens with zero attached hydrogens (tertiary/aromatic N) is 1. The second-order valence-corrected chi connectivity index (χ2v) is 4.80. The minimum atomic E-state index is -0.609. The lowest BCUT2D eigenvalue weighted by atomic mass is 10.0. The summed E-state index contributed by atoms with van der Waals surface area (Å²) in [5, 5.41) is 3.62. The van der Waals surface area contributed by atoms with Crippen molar-refractivity contribution in [3.63, 3.8) is 0 Å². The number of likely N-dealkylation sites (N-methyl/N-ethyl adjacent to an activating group) is 1. The van der Waals surface area contributed by atoms with Gasteiger partial charge in [-0.05, 0) is 13.0 Å². The summed E-state index contributed by atoms with van der Waals surface area (Å²) in [6.07, 6.45) is 3.40. The van der Waals surface area contributed by atoms with Gasteiger partial charge in [-0.25, -0.2) is 0 Å². The van der Waals surface area contributed by atoms with E-state index in [0.717, 1.165) is 16.5 Å². The number of allylic oxidation sites excluding steroid dienone is 1. The molecule has 1 aliphatic rings. The molecule has 1 atom stereocenters. The predicted molar refractivity (Wildman–Crippen MR) is 75.7 cm³/mol. The highest BCUT2D eigenvalue weighted by Crippen LogP contribution is 2.30. The highest BCUT2D eigenvalue weighted by molar-refractivity contribution is 6.06. The zero-order chi connectivity index (χ0) is 14.3. The third-order valence-corrected chi connectivity index (χ3v) is 3.65. The zero-order valence-corrected chi connectivity index (χ0v) is 11.3. The molecule has 0 spiro atoms. The Morgan fingerprint density at radius 2 is 2.00 bits per heavy atom. The highest BCUT2D eigenvalue weighted by Gasteiger charge is 2.37. The minimum Gasteiger partial charge on any atom is -0.361 e. The number of carbonyl (C=O) groups is 2. The zero-order valence-electron chi connectivity index (χ0n) is 11.3. The van der Waals surface area contributed by atoms with E-state index in [2.05, 4.69) is 10.3 Å². The number of H-pyrrole nitrogens is 1. The van der Waals surface area contributed by atoms with Crippen molar-refractivity contribution in [1.29, 1.82) is 0 Å². The summed E-state index contributed by atoms with van der Waals surface area (Å²) in [6, 6.07) is 7.12. The lowest BCUT2D eigenvalue weighted by Crippen LogP contribution is -2.50. The van der Waals surface area contributed by atoms with Crippen LogP contribution in [0.5, 0.6) is 0 Å². The van der Waals surface area contributed by atoms with E-state index in [4.69, 9.17) is 0 Å². The molecule has 1 saturated heterocycles. The number of aromatic nitrogens is 1. The molecule has 2 aromatic rings. The predicted octanol–water partition coefficient (Wildman–Crippen LogP) is 1.70. The van der Waals surface area contributed by atoms with E-state index < -0.39 is 6.04 Å². The standard InChI is InChI=1S/C15H15N3O2/c1-3-11-15(20)18(2)13(14(19)17-11)10-8-16-12-7-5-4-6-9(10)12/h3-8,13,16H,1-2H3,(H,17,19)/b11-3+. The molecule has 5 heteroatoms. The molecule has 1 fully saturated rings. The van der Waals surface area contributed by atoms with Gasteiger partial charge in [-0.3, -0.25) is 9.59 Å². The van der Waals surface area contributed by atoms with Crippen LogP contribution < -0.4 is 5.32 Å². The molecular weight excluding hydrogens is 254 g/mol. The number of nitrogens with one attached hydrogen (secondary N) is 2. The van der Waals surface area contributed by atoms with Crippen LogP contribution in [0.15, 0.2) is 42.2 Å². The van der Waals surface area contributed by atoms with Gasteiger partial charge < -0.3 is 15.2 Å². The molecule has 1 aromatic heterocycles. The van der Waals surface area contributed by atoms with Gasteiger partial charge in [-0.2, -0.15) is 0 Å². The quantitative estimate of drug-likeness (QED) is 0.774. The van der Waals surface area contributed by atoms with Crippen LogP contribution in [0.4, 0.5) is 0 Å². The van der Waals surface area contributed by atoms with Crippen LogP contribution in [0, 0.1) is 0 Å². The third kappa shape index (κ3) is 1.71. The van der Waals surface area contributed by atoms with Gasteiger partial charge >= 0.3 is 0 Å². The van der Waals surface area contributed by atoms with Gasteiger partial charge in [0.1, 0.15) is 11.7 Å². The van der Waals surface area contributed by atoms with E-state index in [1.807, 2.05) is 24.3 Å². The smallest absolute Gasteiger partial charge is 0.270 e. The Morgan fingerprint density at radius 1 is 1.25 bits per heavy atom. The summed E-state index contributed by atoms with van der Waals surface area (Å²) < 4.78 is 0. The summed E-state index contributed by atoms with van der Waals surface area (Å²) in [6.45, 7) is 1.73. The van der Waals surface area contributed by atoms with Crippen molar-refractivity contribution < 1.29 is 9.59 Å². The average molecular weight is 269 g/mol. The van der Waals surface area contributed by atoms with Gasteiger partial charge in [0.15, 0.2) is 0 Å². The van der Waals surface area contributed by atoms with E-state index in [-0.39, 0.29) is 11.8 Å². The minimum absolute atomic E-state index is 0.178. The molecular formula is C15H15N3O2. The SMILES string of the molecule is C/C=C1/NC(=O)C(c2c[nH]c3ccccc23)N(C)C1=O. The lowest BCUT2D eigenvalue weighted by molar-refractivity contribution is -0.141. The first-order valence-electron chi connectivity index (χ1n) is 6.44. The van der Waals surface area contributed by atoms with Gasteiger partial charge in [0, 0.05) is 29.7 Å². The van der Waals surface area contributed by atoms with Crippen LogP contribution in [-0.2, 0) is 9.59 Å². The average Bonchev–Trinajstić information content (AvgIpc) is 2.87. The van der Waals surface area contributed by atoms with Crippen molar-refractivity contribution in [2.24, 2.45) is 0 Å². The Morgan fingerprint density at radius 3 is 2.75 bits per heavy atom. The van der Waals surface area contributed by atoms with E-state index in [0.29, 0.717) is 5.70 Å². The Labute approximate surface area is 116 Å².